The first-order valence-corrected chi connectivity index (χ1v) is 31.7. The van der Waals surface area contributed by atoms with Crippen molar-refractivity contribution in [1.29, 1.82) is 0 Å². The molecule has 86 heavy (non-hydrogen) atoms. The highest BCUT2D eigenvalue weighted by atomic mass is 19.1. The Bertz CT molecular complexity index is 2470. The quantitative estimate of drug-likeness (QED) is 0.0853. The van der Waals surface area contributed by atoms with Gasteiger partial charge in [0.25, 0.3) is 5.91 Å². The van der Waals surface area contributed by atoms with Gasteiger partial charge in [0.15, 0.2) is 29.6 Å². The van der Waals surface area contributed by atoms with Crippen LogP contribution in [-0.2, 0) is 52.3 Å². The van der Waals surface area contributed by atoms with Crippen LogP contribution in [0.3, 0.4) is 0 Å². The first kappa shape index (κ1) is 70.4. The van der Waals surface area contributed by atoms with Crippen molar-refractivity contribution < 1.29 is 87.4 Å². The molecule has 492 valence electrons. The third-order valence-electron chi connectivity index (χ3n) is 22.2. The Kier molecular flexibility index (Phi) is 21.8. The number of alkyl halides is 1. The minimum absolute atomic E-state index is 0.0359. The maximum absolute atomic E-state index is 17.8. The van der Waals surface area contributed by atoms with Gasteiger partial charge in [-0.25, -0.2) is 4.39 Å². The van der Waals surface area contributed by atoms with E-state index in [1.807, 2.05) is 37.7 Å². The number of rotatable bonds is 15. The van der Waals surface area contributed by atoms with E-state index in [0.717, 1.165) is 0 Å². The van der Waals surface area contributed by atoms with Crippen molar-refractivity contribution in [3.8, 4) is 0 Å². The number of likely N-dealkylation sites (N-methyl/N-ethyl adjacent to an activating group) is 2. The second kappa shape index (κ2) is 26.6. The lowest BCUT2D eigenvalue weighted by atomic mass is 9.44. The van der Waals surface area contributed by atoms with E-state index >= 15 is 4.39 Å². The number of ketones is 1. The molecule has 3 heterocycles. The lowest BCUT2D eigenvalue weighted by molar-refractivity contribution is -0.318. The Morgan fingerprint density at radius 1 is 0.872 bits per heavy atom. The summed E-state index contributed by atoms with van der Waals surface area (Å²) in [5.74, 6) is -6.35. The molecule has 3 saturated carbocycles. The van der Waals surface area contributed by atoms with E-state index in [9.17, 15) is 49.8 Å². The molecule has 2 unspecified atom stereocenters. The number of carbonyl (C=O) groups excluding carboxylic acids is 4. The van der Waals surface area contributed by atoms with Crippen LogP contribution in [0.2, 0.25) is 0 Å². The molecule has 3 aliphatic heterocycles. The number of nitrogens with zero attached hydrogens (tertiary/aromatic N) is 2. The molecule has 0 aromatic heterocycles. The zero-order valence-corrected chi connectivity index (χ0v) is 54.3. The number of hydrogen-bond acceptors (Lipinski definition) is 20. The molecule has 0 bridgehead atoms. The molecule has 0 aromatic rings. The predicted octanol–water partition coefficient (Wildman–Crippen LogP) is 3.90. The lowest BCUT2D eigenvalue weighted by Gasteiger charge is -2.62. The summed E-state index contributed by atoms with van der Waals surface area (Å²) < 4.78 is 63.4. The van der Waals surface area contributed by atoms with Gasteiger partial charge >= 0.3 is 11.9 Å². The van der Waals surface area contributed by atoms with Gasteiger partial charge < -0.3 is 84.2 Å². The molecule has 21 nitrogen and oxygen atoms in total. The van der Waals surface area contributed by atoms with Crippen molar-refractivity contribution in [2.24, 2.45) is 46.3 Å². The predicted molar refractivity (Wildman–Crippen MR) is 316 cm³/mol. The van der Waals surface area contributed by atoms with Crippen LogP contribution in [0, 0.1) is 46.3 Å². The summed E-state index contributed by atoms with van der Waals surface area (Å²) in [6.45, 7) is 23.3. The Morgan fingerprint density at radius 2 is 1.55 bits per heavy atom. The molecule has 3 saturated heterocycles. The van der Waals surface area contributed by atoms with Gasteiger partial charge in [-0.2, -0.15) is 0 Å². The van der Waals surface area contributed by atoms with Crippen LogP contribution in [0.25, 0.3) is 0 Å². The fourth-order valence-electron chi connectivity index (χ4n) is 16.9. The molecule has 4 aliphatic carbocycles. The first-order valence-electron chi connectivity index (χ1n) is 31.7. The number of fused-ring (bicyclic) bond motifs is 5. The molecule has 26 atom stereocenters. The average Bonchev–Trinajstić information content (AvgIpc) is 1.34. The summed E-state index contributed by atoms with van der Waals surface area (Å²) in [4.78, 5) is 59.9. The zero-order chi connectivity index (χ0) is 64.2. The van der Waals surface area contributed by atoms with E-state index in [4.69, 9.17) is 33.2 Å². The van der Waals surface area contributed by atoms with Gasteiger partial charge in [-0.15, -0.1) is 0 Å². The van der Waals surface area contributed by atoms with Crippen molar-refractivity contribution >= 4 is 23.6 Å². The second-order valence-corrected chi connectivity index (χ2v) is 28.5. The smallest absolute Gasteiger partial charge is 0.311 e. The molecular formula is C64H107FN4O17. The van der Waals surface area contributed by atoms with E-state index in [1.165, 1.54) is 26.2 Å². The van der Waals surface area contributed by atoms with Crippen LogP contribution in [0.15, 0.2) is 23.8 Å². The molecule has 6 fully saturated rings. The topological polar surface area (TPSA) is 285 Å². The number of esters is 2. The standard InChI is InChI=1S/C64H107FN4O17/c1-18-47-62(13,78)52(74)39(7)69(16)33-34(2)30-61(12,54(85-56-50(73)45(68(14)15)28-36(4)81-56)37(5)51(38(6)55(76)83-47)84-49-32-60(11,80-17)53(75)40(8)82-49)86-48(72)22-24-66-25-26-67-57(77)64(79)35(3)27-44-43-20-19-41-29-42(70)21-23-58(41,9)63(43,65)46(71)31-59(44,64)10/h21,23,29,34-40,43-47,49-54,56,66,71,73-75,78-79H,18-20,22,24-28,30-33H2,1-17H3,(H,67,77)/t34-,35-,36-,37+,38-,39-,40+,43?,44?,45+,46+,47-,49+,50-,51+,52-,53+,54-,56+,58+,59+,60-,61-,62-,63+,64+/m1/s1. The van der Waals surface area contributed by atoms with Crippen LogP contribution >= 0.6 is 0 Å². The van der Waals surface area contributed by atoms with E-state index in [2.05, 4.69) is 10.6 Å². The second-order valence-electron chi connectivity index (χ2n) is 28.5. The molecule has 1 amide bonds. The molecule has 8 N–H and O–H groups in total. The molecule has 7 aliphatic rings. The van der Waals surface area contributed by atoms with E-state index in [0.29, 0.717) is 37.8 Å². The Labute approximate surface area is 509 Å². The fraction of sp³-hybridized carbons (Fsp3) is 0.875. The molecule has 22 heteroatoms. The molecule has 0 spiro atoms. The van der Waals surface area contributed by atoms with E-state index in [-0.39, 0.29) is 69.5 Å². The number of aliphatic hydroxyl groups is 6. The van der Waals surface area contributed by atoms with Gasteiger partial charge in [0.1, 0.15) is 41.7 Å². The van der Waals surface area contributed by atoms with Crippen molar-refractivity contribution in [1.82, 2.24) is 20.4 Å². The number of methoxy groups -OCH3 is 1. The highest BCUT2D eigenvalue weighted by molar-refractivity contribution is 6.01. The van der Waals surface area contributed by atoms with Crippen molar-refractivity contribution in [3.63, 3.8) is 0 Å². The monoisotopic (exact) mass is 1220 g/mol. The van der Waals surface area contributed by atoms with Gasteiger partial charge in [-0.05, 0) is 151 Å². The van der Waals surface area contributed by atoms with Crippen LogP contribution in [0.1, 0.15) is 148 Å². The Balaban J connectivity index is 1.14. The number of cyclic esters (lactones) is 1. The number of carbonyl (C=O) groups is 4. The third-order valence-corrected chi connectivity index (χ3v) is 22.2. The number of allylic oxidation sites excluding steroid dienone is 4. The van der Waals surface area contributed by atoms with Crippen molar-refractivity contribution in [3.05, 3.63) is 23.8 Å². The third kappa shape index (κ3) is 12.9. The van der Waals surface area contributed by atoms with Gasteiger partial charge in [0.2, 0.25) is 0 Å². The molecule has 7 rings (SSSR count). The highest BCUT2D eigenvalue weighted by Gasteiger charge is 2.76. The Morgan fingerprint density at radius 3 is 2.19 bits per heavy atom. The van der Waals surface area contributed by atoms with Crippen molar-refractivity contribution in [2.45, 2.75) is 255 Å². The summed E-state index contributed by atoms with van der Waals surface area (Å²) >= 11 is 0. The maximum atomic E-state index is 17.8. The number of amides is 1. The van der Waals surface area contributed by atoms with Crippen LogP contribution in [0.5, 0.6) is 0 Å². The van der Waals surface area contributed by atoms with Gasteiger partial charge in [0.05, 0.1) is 42.4 Å². The average molecular weight is 1220 g/mol. The summed E-state index contributed by atoms with van der Waals surface area (Å²) in [7, 11) is 6.99. The normalized spacial score (nSPS) is 48.0. The van der Waals surface area contributed by atoms with E-state index < -0.39 is 160 Å². The molecule has 0 aromatic carbocycles. The minimum atomic E-state index is -2.12. The van der Waals surface area contributed by atoms with E-state index in [1.54, 1.807) is 82.4 Å². The SMILES string of the molecule is CC[C@H]1OC(=O)[C@H](C)[C@@H](O[C@H]2C[C@@](C)(OC)[C@@H](O)[C@H](C)O2)[C@H](C)[C@@H](O[C@@H]2O[C@H](C)C[C@H](N(C)C)[C@H]2O)[C@](C)(OC(=O)CCNCCNC(=O)[C@@]2(O)[C@H](C)CC3C4CCC5=CC(=O)C=C[C@]5(C)[C@@]4(F)[C@@H](O)C[C@@]32C)C[C@@H](C)CN(C)[C@H](C)[C@@H](O)[C@]1(C)O. The Hall–Kier alpha value is -3.07. The summed E-state index contributed by atoms with van der Waals surface area (Å²) in [5, 5.41) is 77.8. The number of halogens is 1. The van der Waals surface area contributed by atoms with Crippen LogP contribution in [0.4, 0.5) is 4.39 Å². The molecular weight excluding hydrogens is 1120 g/mol. The zero-order valence-electron chi connectivity index (χ0n) is 54.3. The lowest BCUT2D eigenvalue weighted by Crippen LogP contribution is -2.70. The number of hydrogen-bond donors (Lipinski definition) is 8. The van der Waals surface area contributed by atoms with Gasteiger partial charge in [0, 0.05) is 74.5 Å². The van der Waals surface area contributed by atoms with Gasteiger partial charge in [-0.1, -0.05) is 46.3 Å². The molecule has 0 radical (unpaired) electrons. The van der Waals surface area contributed by atoms with Crippen molar-refractivity contribution in [2.75, 3.05) is 54.4 Å². The maximum Gasteiger partial charge on any atom is 0.311 e. The number of ether oxygens (including phenoxy) is 7. The van der Waals surface area contributed by atoms with Crippen LogP contribution in [-0.4, -0.2) is 226 Å². The summed E-state index contributed by atoms with van der Waals surface area (Å²) in [6, 6.07) is -1.07. The van der Waals surface area contributed by atoms with Gasteiger partial charge in [-0.3, -0.25) is 19.2 Å². The number of nitrogens with one attached hydrogen (secondary N) is 2. The minimum Gasteiger partial charge on any atom is -0.459 e. The van der Waals surface area contributed by atoms with Crippen LogP contribution < -0.4 is 10.6 Å². The first-order chi connectivity index (χ1) is 39.9. The summed E-state index contributed by atoms with van der Waals surface area (Å²) in [6.07, 6.45) is -6.15. The summed E-state index contributed by atoms with van der Waals surface area (Å²) in [5.41, 5.74) is -10.5. The highest BCUT2D eigenvalue weighted by Crippen LogP contribution is 2.70. The number of aliphatic hydroxyl groups excluding tert-OH is 4. The fourth-order valence-corrected chi connectivity index (χ4v) is 16.9. The largest absolute Gasteiger partial charge is 0.459 e.